The quantitative estimate of drug-likeness (QED) is 0.0261. The van der Waals surface area contributed by atoms with Crippen molar-refractivity contribution in [1.29, 1.82) is 0 Å². The van der Waals surface area contributed by atoms with Crippen molar-refractivity contribution in [1.82, 2.24) is 5.32 Å². The van der Waals surface area contributed by atoms with Crippen molar-refractivity contribution < 1.29 is 39.8 Å². The molecule has 7 atom stereocenters. The van der Waals surface area contributed by atoms with Crippen LogP contribution < -0.4 is 5.32 Å². The van der Waals surface area contributed by atoms with Gasteiger partial charge in [0.1, 0.15) is 24.4 Å². The lowest BCUT2D eigenvalue weighted by Crippen LogP contribution is -2.60. The maximum Gasteiger partial charge on any atom is 0.220 e. The average Bonchev–Trinajstić information content (AvgIpc) is 0.831. The third-order valence-corrected chi connectivity index (χ3v) is 19.8. The van der Waals surface area contributed by atoms with Crippen molar-refractivity contribution in [2.75, 3.05) is 13.2 Å². The second-order valence-electron chi connectivity index (χ2n) is 28.9. The molecule has 0 aliphatic carbocycles. The standard InChI is InChI=1S/C85H159NO8/c1-3-5-7-9-11-13-15-17-19-21-23-25-27-29-31-33-35-36-37-38-39-40-41-42-43-44-45-47-49-51-53-55-57-59-61-63-65-67-69-71-73-75-81(89)86-78(77-93-85-84(92)83(91)82(90)80(76-87)94-85)79(88)74-72-70-68-66-64-62-60-58-56-54-52-50-48-46-34-32-30-28-26-24-22-20-18-16-14-12-10-8-6-4-2/h5,7,11,13,17,19,23,25,72,74,78-80,82-85,87-88,90-92H,3-4,6,8-10,12,14-16,18,20-22,24,26-71,73,75-77H2,1-2H3,(H,86,89)/b7-5-,13-11-,19-17-,25-23-,74-72+. The lowest BCUT2D eigenvalue weighted by atomic mass is 9.99. The Kier molecular flexibility index (Phi) is 70.4. The summed E-state index contributed by atoms with van der Waals surface area (Å²) in [4.78, 5) is 13.2. The van der Waals surface area contributed by atoms with E-state index in [1.807, 2.05) is 6.08 Å². The third-order valence-electron chi connectivity index (χ3n) is 19.8. The topological polar surface area (TPSA) is 149 Å². The van der Waals surface area contributed by atoms with Crippen molar-refractivity contribution in [2.45, 2.75) is 461 Å². The summed E-state index contributed by atoms with van der Waals surface area (Å²) in [5.41, 5.74) is 0. The van der Waals surface area contributed by atoms with Gasteiger partial charge in [0.05, 0.1) is 25.4 Å². The van der Waals surface area contributed by atoms with Gasteiger partial charge in [-0.25, -0.2) is 0 Å². The second-order valence-corrected chi connectivity index (χ2v) is 28.9. The first kappa shape index (κ1) is 89.9. The maximum atomic E-state index is 13.2. The number of carbonyl (C=O) groups excluding carboxylic acids is 1. The van der Waals surface area contributed by atoms with E-state index in [0.29, 0.717) is 6.42 Å². The summed E-state index contributed by atoms with van der Waals surface area (Å²) < 4.78 is 11.4. The molecule has 0 aromatic carbocycles. The number of hydrogen-bond acceptors (Lipinski definition) is 8. The normalized spacial score (nSPS) is 17.8. The Hall–Kier alpha value is -2.11. The van der Waals surface area contributed by atoms with Crippen LogP contribution in [-0.4, -0.2) is 87.5 Å². The van der Waals surface area contributed by atoms with Gasteiger partial charge in [0, 0.05) is 6.42 Å². The van der Waals surface area contributed by atoms with E-state index in [1.54, 1.807) is 6.08 Å². The highest BCUT2D eigenvalue weighted by Crippen LogP contribution is 2.24. The molecule has 9 nitrogen and oxygen atoms in total. The van der Waals surface area contributed by atoms with Gasteiger partial charge in [-0.3, -0.25) is 4.79 Å². The molecule has 6 N–H and O–H groups in total. The van der Waals surface area contributed by atoms with Gasteiger partial charge in [-0.1, -0.05) is 415 Å². The smallest absolute Gasteiger partial charge is 0.220 e. The van der Waals surface area contributed by atoms with E-state index in [4.69, 9.17) is 9.47 Å². The summed E-state index contributed by atoms with van der Waals surface area (Å²) in [6.45, 7) is 3.73. The molecule has 94 heavy (non-hydrogen) atoms. The van der Waals surface area contributed by atoms with Crippen LogP contribution in [0.25, 0.3) is 0 Å². The number of hydrogen-bond donors (Lipinski definition) is 6. The maximum absolute atomic E-state index is 13.2. The third kappa shape index (κ3) is 61.0. The largest absolute Gasteiger partial charge is 0.394 e. The molecule has 1 amide bonds. The van der Waals surface area contributed by atoms with E-state index in [0.717, 1.165) is 64.2 Å². The minimum absolute atomic E-state index is 0.167. The van der Waals surface area contributed by atoms with Crippen LogP contribution in [0.1, 0.15) is 418 Å². The minimum atomic E-state index is -1.57. The van der Waals surface area contributed by atoms with Gasteiger partial charge >= 0.3 is 0 Å². The first-order chi connectivity index (χ1) is 46.3. The summed E-state index contributed by atoms with van der Waals surface area (Å²) in [7, 11) is 0. The Labute approximate surface area is 583 Å². The van der Waals surface area contributed by atoms with Crippen LogP contribution in [-0.2, 0) is 14.3 Å². The molecule has 1 saturated heterocycles. The van der Waals surface area contributed by atoms with Gasteiger partial charge < -0.3 is 40.3 Å². The van der Waals surface area contributed by atoms with Crippen molar-refractivity contribution in [3.63, 3.8) is 0 Å². The zero-order chi connectivity index (χ0) is 67.8. The molecule has 0 bridgehead atoms. The highest BCUT2D eigenvalue weighted by molar-refractivity contribution is 5.76. The molecule has 9 heteroatoms. The highest BCUT2D eigenvalue weighted by Gasteiger charge is 2.44. The molecule has 1 aliphatic rings. The van der Waals surface area contributed by atoms with Crippen LogP contribution in [0.2, 0.25) is 0 Å². The van der Waals surface area contributed by atoms with E-state index in [-0.39, 0.29) is 12.5 Å². The van der Waals surface area contributed by atoms with Crippen LogP contribution >= 0.6 is 0 Å². The second kappa shape index (κ2) is 73.6. The van der Waals surface area contributed by atoms with E-state index in [2.05, 4.69) is 67.8 Å². The van der Waals surface area contributed by atoms with Crippen molar-refractivity contribution in [2.24, 2.45) is 0 Å². The van der Waals surface area contributed by atoms with Crippen LogP contribution in [0.3, 0.4) is 0 Å². The van der Waals surface area contributed by atoms with Crippen LogP contribution in [0.5, 0.6) is 0 Å². The number of nitrogens with one attached hydrogen (secondary N) is 1. The summed E-state index contributed by atoms with van der Waals surface area (Å²) in [5, 5.41) is 55.0. The van der Waals surface area contributed by atoms with E-state index >= 15 is 0 Å². The fourth-order valence-corrected chi connectivity index (χ4v) is 13.5. The summed E-state index contributed by atoms with van der Waals surface area (Å²) >= 11 is 0. The summed E-state index contributed by atoms with van der Waals surface area (Å²) in [6, 6.07) is -0.806. The lowest BCUT2D eigenvalue weighted by molar-refractivity contribution is -0.302. The monoisotopic (exact) mass is 1320 g/mol. The first-order valence-electron chi connectivity index (χ1n) is 41.5. The molecule has 1 rings (SSSR count). The van der Waals surface area contributed by atoms with E-state index in [9.17, 15) is 30.3 Å². The Morgan fingerprint density at radius 1 is 0.372 bits per heavy atom. The number of ether oxygens (including phenoxy) is 2. The van der Waals surface area contributed by atoms with E-state index in [1.165, 1.54) is 334 Å². The van der Waals surface area contributed by atoms with Crippen molar-refractivity contribution in [3.05, 3.63) is 60.8 Å². The summed E-state index contributed by atoms with van der Waals surface area (Å²) in [5.74, 6) is -0.167. The molecule has 0 aromatic heterocycles. The molecule has 1 aliphatic heterocycles. The fraction of sp³-hybridized carbons (Fsp3) is 0.871. The molecular weight excluding hydrogens is 1160 g/mol. The number of allylic oxidation sites excluding steroid dienone is 9. The highest BCUT2D eigenvalue weighted by atomic mass is 16.7. The van der Waals surface area contributed by atoms with E-state index < -0.39 is 49.5 Å². The number of carbonyl (C=O) groups is 1. The predicted molar refractivity (Wildman–Crippen MR) is 406 cm³/mol. The Morgan fingerprint density at radius 2 is 0.660 bits per heavy atom. The number of amides is 1. The zero-order valence-corrected chi connectivity index (χ0v) is 62.2. The van der Waals surface area contributed by atoms with Crippen molar-refractivity contribution in [3.8, 4) is 0 Å². The average molecular weight is 1320 g/mol. The number of aliphatic hydroxyl groups is 5. The van der Waals surface area contributed by atoms with Crippen molar-refractivity contribution >= 4 is 5.91 Å². The fourth-order valence-electron chi connectivity index (χ4n) is 13.5. The van der Waals surface area contributed by atoms with Crippen LogP contribution in [0.15, 0.2) is 60.8 Å². The Morgan fingerprint density at radius 3 is 0.979 bits per heavy atom. The molecule has 7 unspecified atom stereocenters. The number of unbranched alkanes of at least 4 members (excludes halogenated alkanes) is 56. The van der Waals surface area contributed by atoms with Gasteiger partial charge in [-0.05, 0) is 57.8 Å². The molecule has 0 spiro atoms. The Bertz CT molecular complexity index is 1680. The van der Waals surface area contributed by atoms with Crippen LogP contribution in [0.4, 0.5) is 0 Å². The van der Waals surface area contributed by atoms with Gasteiger partial charge in [0.25, 0.3) is 0 Å². The van der Waals surface area contributed by atoms with Gasteiger partial charge in [0.15, 0.2) is 6.29 Å². The molecule has 0 radical (unpaired) electrons. The number of aliphatic hydroxyl groups excluding tert-OH is 5. The Balaban J connectivity index is 2.03. The molecule has 1 heterocycles. The van der Waals surface area contributed by atoms with Gasteiger partial charge in [-0.15, -0.1) is 0 Å². The molecule has 0 saturated carbocycles. The molecular formula is C85H159NO8. The first-order valence-corrected chi connectivity index (χ1v) is 41.5. The zero-order valence-electron chi connectivity index (χ0n) is 62.2. The minimum Gasteiger partial charge on any atom is -0.394 e. The molecule has 1 fully saturated rings. The summed E-state index contributed by atoms with van der Waals surface area (Å²) in [6.07, 6.45) is 96.7. The van der Waals surface area contributed by atoms with Gasteiger partial charge in [0.2, 0.25) is 5.91 Å². The molecule has 552 valence electrons. The molecule has 0 aromatic rings. The lowest BCUT2D eigenvalue weighted by Gasteiger charge is -2.40. The van der Waals surface area contributed by atoms with Crippen LogP contribution in [0, 0.1) is 0 Å². The number of rotatable bonds is 74. The predicted octanol–water partition coefficient (Wildman–Crippen LogP) is 24.0. The SMILES string of the molecule is CC/C=C\C/C=C\C/C=C\C/C=C\CCCCCCCCCCCCCCCCCCCCCCCCCCCCCCC(=O)NC(COC1OC(CO)C(O)C(O)C1O)C(O)/C=C/CCCCCCCCCCCCCCCCCCCCCCCCCCCCCC. The van der Waals surface area contributed by atoms with Gasteiger partial charge in [-0.2, -0.15) is 0 Å².